The predicted octanol–water partition coefficient (Wildman–Crippen LogP) is 4.33. The highest BCUT2D eigenvalue weighted by molar-refractivity contribution is 9.10. The lowest BCUT2D eigenvalue weighted by atomic mass is 10.3. The van der Waals surface area contributed by atoms with Gasteiger partial charge in [0.25, 0.3) is 0 Å². The lowest BCUT2D eigenvalue weighted by Gasteiger charge is -2.06. The molecule has 0 aliphatic heterocycles. The monoisotopic (exact) mass is 336 g/mol. The Bertz CT molecular complexity index is 709. The zero-order chi connectivity index (χ0) is 13.2. The van der Waals surface area contributed by atoms with E-state index < -0.39 is 0 Å². The minimum absolute atomic E-state index is 0.409. The second-order valence-electron chi connectivity index (χ2n) is 4.06. The number of ether oxygens (including phenoxy) is 1. The zero-order valence-corrected chi connectivity index (χ0v) is 12.2. The summed E-state index contributed by atoms with van der Waals surface area (Å²) in [7, 11) is 0. The van der Waals surface area contributed by atoms with Crippen LogP contribution in [0.25, 0.3) is 5.52 Å². The van der Waals surface area contributed by atoms with E-state index in [0.29, 0.717) is 11.6 Å². The fraction of sp³-hybridized carbons (Fsp3) is 0.0714. The molecule has 0 aliphatic rings. The summed E-state index contributed by atoms with van der Waals surface area (Å²) in [6, 6.07) is 11.3. The fourth-order valence-corrected chi connectivity index (χ4v) is 2.27. The van der Waals surface area contributed by atoms with E-state index in [0.717, 1.165) is 21.6 Å². The molecule has 0 saturated carbocycles. The molecule has 1 aromatic carbocycles. The zero-order valence-electron chi connectivity index (χ0n) is 9.88. The minimum Gasteiger partial charge on any atom is -0.486 e. The van der Waals surface area contributed by atoms with E-state index in [-0.39, 0.29) is 0 Å². The van der Waals surface area contributed by atoms with Gasteiger partial charge in [0.2, 0.25) is 0 Å². The Morgan fingerprint density at radius 3 is 2.74 bits per heavy atom. The van der Waals surface area contributed by atoms with E-state index in [9.17, 15) is 0 Å². The first-order valence-electron chi connectivity index (χ1n) is 5.72. The maximum absolute atomic E-state index is 5.83. The summed E-state index contributed by atoms with van der Waals surface area (Å²) in [5.74, 6) is 1.63. The van der Waals surface area contributed by atoms with E-state index in [1.807, 2.05) is 41.1 Å². The molecule has 0 radical (unpaired) electrons. The van der Waals surface area contributed by atoms with Crippen molar-refractivity contribution in [1.29, 1.82) is 0 Å². The summed E-state index contributed by atoms with van der Waals surface area (Å²) in [4.78, 5) is 4.36. The number of benzene rings is 1. The van der Waals surface area contributed by atoms with Crippen LogP contribution in [0.15, 0.2) is 53.3 Å². The molecule has 3 rings (SSSR count). The van der Waals surface area contributed by atoms with Crippen molar-refractivity contribution >= 4 is 33.0 Å². The second-order valence-corrected chi connectivity index (χ2v) is 5.41. The first-order valence-corrected chi connectivity index (χ1v) is 6.89. The molecule has 2 aromatic heterocycles. The fourth-order valence-electron chi connectivity index (χ4n) is 1.80. The maximum Gasteiger partial charge on any atom is 0.151 e. The average Bonchev–Trinajstić information content (AvgIpc) is 2.80. The van der Waals surface area contributed by atoms with Gasteiger partial charge in [-0.1, -0.05) is 11.6 Å². The largest absolute Gasteiger partial charge is 0.486 e. The van der Waals surface area contributed by atoms with E-state index in [1.165, 1.54) is 0 Å². The summed E-state index contributed by atoms with van der Waals surface area (Å²) in [6.07, 6.45) is 3.80. The number of hydrogen-bond acceptors (Lipinski definition) is 2. The molecule has 0 amide bonds. The van der Waals surface area contributed by atoms with Crippen molar-refractivity contribution in [1.82, 2.24) is 9.38 Å². The van der Waals surface area contributed by atoms with Crippen molar-refractivity contribution in [3.8, 4) is 5.75 Å². The molecular weight excluding hydrogens is 328 g/mol. The molecule has 2 heterocycles. The van der Waals surface area contributed by atoms with E-state index in [4.69, 9.17) is 16.3 Å². The number of imidazole rings is 1. The smallest absolute Gasteiger partial charge is 0.151 e. The van der Waals surface area contributed by atoms with Crippen LogP contribution in [-0.4, -0.2) is 9.38 Å². The van der Waals surface area contributed by atoms with Gasteiger partial charge in [0.15, 0.2) is 5.82 Å². The first-order chi connectivity index (χ1) is 9.22. The van der Waals surface area contributed by atoms with Crippen molar-refractivity contribution in [2.24, 2.45) is 0 Å². The Morgan fingerprint density at radius 1 is 1.16 bits per heavy atom. The van der Waals surface area contributed by atoms with Crippen molar-refractivity contribution in [2.75, 3.05) is 0 Å². The topological polar surface area (TPSA) is 26.5 Å². The van der Waals surface area contributed by atoms with Crippen LogP contribution in [0.5, 0.6) is 5.75 Å². The highest BCUT2D eigenvalue weighted by Crippen LogP contribution is 2.18. The van der Waals surface area contributed by atoms with Crippen molar-refractivity contribution in [3.63, 3.8) is 0 Å². The number of aromatic nitrogens is 2. The van der Waals surface area contributed by atoms with Gasteiger partial charge in [-0.05, 0) is 52.3 Å². The molecule has 0 bridgehead atoms. The van der Waals surface area contributed by atoms with Gasteiger partial charge in [0, 0.05) is 15.7 Å². The highest BCUT2D eigenvalue weighted by atomic mass is 79.9. The van der Waals surface area contributed by atoms with Crippen LogP contribution in [0.1, 0.15) is 5.82 Å². The van der Waals surface area contributed by atoms with E-state index in [1.54, 1.807) is 12.1 Å². The minimum atomic E-state index is 0.409. The molecule has 5 heteroatoms. The van der Waals surface area contributed by atoms with Gasteiger partial charge >= 0.3 is 0 Å². The van der Waals surface area contributed by atoms with Crippen LogP contribution in [0.3, 0.4) is 0 Å². The number of pyridine rings is 1. The third-order valence-corrected chi connectivity index (χ3v) is 3.47. The average molecular weight is 338 g/mol. The number of fused-ring (bicyclic) bond motifs is 1. The SMILES string of the molecule is Clc1ccc(OCc2ncc3ccc(Br)cn23)cc1. The molecule has 0 aliphatic carbocycles. The van der Waals surface area contributed by atoms with Crippen molar-refractivity contribution < 1.29 is 4.74 Å². The summed E-state index contributed by atoms with van der Waals surface area (Å²) in [5.41, 5.74) is 1.04. The summed E-state index contributed by atoms with van der Waals surface area (Å²) in [5, 5.41) is 0.697. The quantitative estimate of drug-likeness (QED) is 0.711. The normalized spacial score (nSPS) is 10.8. The molecule has 96 valence electrons. The first kappa shape index (κ1) is 12.5. The number of hydrogen-bond donors (Lipinski definition) is 0. The van der Waals surface area contributed by atoms with Gasteiger partial charge < -0.3 is 4.74 Å². The van der Waals surface area contributed by atoms with Gasteiger partial charge in [-0.2, -0.15) is 0 Å². The molecule has 3 nitrogen and oxygen atoms in total. The lowest BCUT2D eigenvalue weighted by Crippen LogP contribution is -2.01. The van der Waals surface area contributed by atoms with Crippen LogP contribution in [-0.2, 0) is 6.61 Å². The predicted molar refractivity (Wildman–Crippen MR) is 78.7 cm³/mol. The van der Waals surface area contributed by atoms with Crippen molar-refractivity contribution in [3.05, 3.63) is 64.1 Å². The van der Waals surface area contributed by atoms with E-state index in [2.05, 4.69) is 20.9 Å². The molecular formula is C14H10BrClN2O. The Kier molecular flexibility index (Phi) is 3.44. The third-order valence-electron chi connectivity index (χ3n) is 2.75. The van der Waals surface area contributed by atoms with Crippen LogP contribution in [0.4, 0.5) is 0 Å². The molecule has 19 heavy (non-hydrogen) atoms. The van der Waals surface area contributed by atoms with Gasteiger partial charge in [0.1, 0.15) is 12.4 Å². The summed E-state index contributed by atoms with van der Waals surface area (Å²) in [6.45, 7) is 0.409. The maximum atomic E-state index is 5.83. The molecule has 0 spiro atoms. The van der Waals surface area contributed by atoms with Gasteiger partial charge in [-0.3, -0.25) is 4.40 Å². The standard InChI is InChI=1S/C14H10BrClN2O/c15-10-1-4-12-7-17-14(18(12)8-10)9-19-13-5-2-11(16)3-6-13/h1-8H,9H2. The van der Waals surface area contributed by atoms with Crippen LogP contribution in [0, 0.1) is 0 Å². The number of rotatable bonds is 3. The Hall–Kier alpha value is -1.52. The molecule has 0 N–H and O–H groups in total. The number of halogens is 2. The van der Waals surface area contributed by atoms with Gasteiger partial charge in [-0.15, -0.1) is 0 Å². The Balaban J connectivity index is 1.81. The number of nitrogens with zero attached hydrogens (tertiary/aromatic N) is 2. The van der Waals surface area contributed by atoms with Gasteiger partial charge in [0.05, 0.1) is 11.7 Å². The lowest BCUT2D eigenvalue weighted by molar-refractivity contribution is 0.295. The molecule has 0 unspecified atom stereocenters. The van der Waals surface area contributed by atoms with Crippen molar-refractivity contribution in [2.45, 2.75) is 6.61 Å². The van der Waals surface area contributed by atoms with Crippen LogP contribution in [0.2, 0.25) is 5.02 Å². The Morgan fingerprint density at radius 2 is 1.95 bits per heavy atom. The van der Waals surface area contributed by atoms with E-state index >= 15 is 0 Å². The Labute approximate surface area is 123 Å². The second kappa shape index (κ2) is 5.23. The molecule has 0 fully saturated rings. The summed E-state index contributed by atoms with van der Waals surface area (Å²) >= 11 is 9.28. The van der Waals surface area contributed by atoms with Crippen LogP contribution >= 0.6 is 27.5 Å². The van der Waals surface area contributed by atoms with Gasteiger partial charge in [-0.25, -0.2) is 4.98 Å². The third kappa shape index (κ3) is 2.74. The molecule has 3 aromatic rings. The molecule has 0 atom stereocenters. The van der Waals surface area contributed by atoms with Crippen LogP contribution < -0.4 is 4.74 Å². The molecule has 0 saturated heterocycles. The highest BCUT2D eigenvalue weighted by Gasteiger charge is 2.04. The summed E-state index contributed by atoms with van der Waals surface area (Å²) < 4.78 is 8.70.